The molecule has 0 bridgehead atoms. The number of fused-ring (bicyclic) bond motifs is 3. The highest BCUT2D eigenvalue weighted by Crippen LogP contribution is 2.41. The Labute approximate surface area is 218 Å². The van der Waals surface area contributed by atoms with Gasteiger partial charge in [-0.25, -0.2) is 13.2 Å². The van der Waals surface area contributed by atoms with Crippen molar-refractivity contribution >= 4 is 21.6 Å². The van der Waals surface area contributed by atoms with Crippen LogP contribution in [0.1, 0.15) is 44.9 Å². The maximum absolute atomic E-state index is 13.2. The molecule has 0 N–H and O–H groups in total. The van der Waals surface area contributed by atoms with Crippen molar-refractivity contribution in [2.45, 2.75) is 56.4 Å². The lowest BCUT2D eigenvalue weighted by Gasteiger charge is -2.33. The predicted molar refractivity (Wildman–Crippen MR) is 141 cm³/mol. The summed E-state index contributed by atoms with van der Waals surface area (Å²) in [7, 11) is -3.49. The van der Waals surface area contributed by atoms with Gasteiger partial charge >= 0.3 is 6.09 Å². The van der Waals surface area contributed by atoms with E-state index in [1.54, 1.807) is 17.0 Å². The molecule has 37 heavy (non-hydrogen) atoms. The molecule has 200 valence electrons. The molecule has 5 rings (SSSR count). The second-order valence-corrected chi connectivity index (χ2v) is 13.0. The molecule has 0 atom stereocenters. The molecule has 2 fully saturated rings. The molecule has 1 amide bonds. The monoisotopic (exact) mass is 528 g/mol. The summed E-state index contributed by atoms with van der Waals surface area (Å²) < 4.78 is 39.5. The van der Waals surface area contributed by atoms with Crippen LogP contribution in [0.4, 0.5) is 4.79 Å². The van der Waals surface area contributed by atoms with Crippen LogP contribution in [0.3, 0.4) is 0 Å². The summed E-state index contributed by atoms with van der Waals surface area (Å²) in [6.45, 7) is 14.5. The molecule has 4 heterocycles. The van der Waals surface area contributed by atoms with Gasteiger partial charge in [-0.1, -0.05) is 24.8 Å². The smallest absolute Gasteiger partial charge is 0.410 e. The zero-order valence-corrected chi connectivity index (χ0v) is 22.7. The first-order chi connectivity index (χ1) is 17.5. The topological polar surface area (TPSA) is 94.0 Å². The van der Waals surface area contributed by atoms with E-state index in [0.29, 0.717) is 68.0 Å². The molecule has 3 aliphatic heterocycles. The van der Waals surface area contributed by atoms with E-state index in [1.165, 1.54) is 0 Å². The lowest BCUT2D eigenvalue weighted by atomic mass is 9.96. The second-order valence-electron chi connectivity index (χ2n) is 11.1. The molecular formula is C27H36N4O5S. The third kappa shape index (κ3) is 5.27. The first-order valence-corrected chi connectivity index (χ1v) is 14.6. The van der Waals surface area contributed by atoms with Crippen LogP contribution in [0.15, 0.2) is 35.7 Å². The number of aromatic nitrogens is 2. The highest BCUT2D eigenvalue weighted by atomic mass is 32.2. The molecule has 2 saturated heterocycles. The average Bonchev–Trinajstić information content (AvgIpc) is 3.20. The Morgan fingerprint density at radius 1 is 1.11 bits per heavy atom. The maximum atomic E-state index is 13.2. The highest BCUT2D eigenvalue weighted by Gasteiger charge is 2.36. The largest absolute Gasteiger partial charge is 0.444 e. The Hall–Kier alpha value is -2.85. The standard InChI is InChI=1S/C27H36N4O5S/c1-19(29-13-15-35-16-14-29)24-22-18-37(33,34)23-8-6-5-7-21(23)25(22)31(28-24)17-20-9-11-30(12-10-20)26(32)36-27(2,3)4/h5-8,20H,1,9-18H2,2-4H3. The van der Waals surface area contributed by atoms with Crippen molar-refractivity contribution in [1.82, 2.24) is 19.6 Å². The molecule has 9 nitrogen and oxygen atoms in total. The maximum Gasteiger partial charge on any atom is 0.410 e. The van der Waals surface area contributed by atoms with Crippen molar-refractivity contribution in [3.8, 4) is 11.3 Å². The molecular weight excluding hydrogens is 492 g/mol. The molecule has 0 saturated carbocycles. The number of ether oxygens (including phenoxy) is 2. The fraction of sp³-hybridized carbons (Fsp3) is 0.556. The van der Waals surface area contributed by atoms with Gasteiger partial charge in [-0.05, 0) is 45.6 Å². The Kier molecular flexibility index (Phi) is 6.83. The highest BCUT2D eigenvalue weighted by molar-refractivity contribution is 7.90. The minimum Gasteiger partial charge on any atom is -0.444 e. The van der Waals surface area contributed by atoms with Gasteiger partial charge in [0.1, 0.15) is 11.3 Å². The Balaban J connectivity index is 1.43. The SMILES string of the molecule is C=C(c1nn(CC2CCN(C(=O)OC(C)(C)C)CC2)c2c1CS(=O)(=O)c1ccccc1-2)N1CCOCC1. The number of sulfone groups is 1. The van der Waals surface area contributed by atoms with Crippen molar-refractivity contribution in [3.05, 3.63) is 42.1 Å². The van der Waals surface area contributed by atoms with E-state index in [1.807, 2.05) is 37.6 Å². The first-order valence-electron chi connectivity index (χ1n) is 13.0. The van der Waals surface area contributed by atoms with Crippen LogP contribution in [-0.4, -0.2) is 79.1 Å². The van der Waals surface area contributed by atoms with Gasteiger partial charge in [0.2, 0.25) is 0 Å². The van der Waals surface area contributed by atoms with Gasteiger partial charge in [0, 0.05) is 43.9 Å². The van der Waals surface area contributed by atoms with Crippen molar-refractivity contribution in [1.29, 1.82) is 0 Å². The van der Waals surface area contributed by atoms with Crippen LogP contribution in [0.5, 0.6) is 0 Å². The summed E-state index contributed by atoms with van der Waals surface area (Å²) >= 11 is 0. The summed E-state index contributed by atoms with van der Waals surface area (Å²) in [5, 5.41) is 4.99. The molecule has 0 spiro atoms. The van der Waals surface area contributed by atoms with E-state index < -0.39 is 15.4 Å². The Bertz CT molecular complexity index is 1300. The molecule has 10 heteroatoms. The number of amides is 1. The van der Waals surface area contributed by atoms with E-state index in [0.717, 1.165) is 29.8 Å². The Morgan fingerprint density at radius 2 is 1.78 bits per heavy atom. The zero-order valence-electron chi connectivity index (χ0n) is 21.9. The zero-order chi connectivity index (χ0) is 26.4. The number of nitrogens with zero attached hydrogens (tertiary/aromatic N) is 4. The van der Waals surface area contributed by atoms with Gasteiger partial charge in [0.05, 0.1) is 35.3 Å². The number of hydrogen-bond acceptors (Lipinski definition) is 7. The normalized spacial score (nSPS) is 19.8. The summed E-state index contributed by atoms with van der Waals surface area (Å²) in [6, 6.07) is 7.19. The summed E-state index contributed by atoms with van der Waals surface area (Å²) in [5.41, 5.74) is 3.16. The van der Waals surface area contributed by atoms with Crippen LogP contribution in [0.2, 0.25) is 0 Å². The molecule has 0 aliphatic carbocycles. The fourth-order valence-corrected chi connectivity index (χ4v) is 6.95. The number of benzene rings is 1. The van der Waals surface area contributed by atoms with Crippen molar-refractivity contribution < 1.29 is 22.7 Å². The van der Waals surface area contributed by atoms with Crippen LogP contribution >= 0.6 is 0 Å². The van der Waals surface area contributed by atoms with Gasteiger partial charge in [0.25, 0.3) is 0 Å². The molecule has 2 aromatic rings. The van der Waals surface area contributed by atoms with Crippen LogP contribution < -0.4 is 0 Å². The molecule has 3 aliphatic rings. The number of carbonyl (C=O) groups excluding carboxylic acids is 1. The lowest BCUT2D eigenvalue weighted by molar-refractivity contribution is 0.0177. The number of hydrogen-bond donors (Lipinski definition) is 0. The number of likely N-dealkylation sites (tertiary alicyclic amines) is 1. The van der Waals surface area contributed by atoms with E-state index in [4.69, 9.17) is 14.6 Å². The number of carbonyl (C=O) groups is 1. The second kappa shape index (κ2) is 9.79. The number of rotatable bonds is 4. The van der Waals surface area contributed by atoms with Crippen molar-refractivity contribution in [3.63, 3.8) is 0 Å². The summed E-state index contributed by atoms with van der Waals surface area (Å²) in [4.78, 5) is 16.8. The first kappa shape index (κ1) is 25.8. The summed E-state index contributed by atoms with van der Waals surface area (Å²) in [5.74, 6) is 0.215. The summed E-state index contributed by atoms with van der Waals surface area (Å²) in [6.07, 6.45) is 1.38. The third-order valence-electron chi connectivity index (χ3n) is 7.23. The predicted octanol–water partition coefficient (Wildman–Crippen LogP) is 3.79. The quantitative estimate of drug-likeness (QED) is 0.596. The number of morpholine rings is 1. The van der Waals surface area contributed by atoms with E-state index >= 15 is 0 Å². The minimum atomic E-state index is -3.49. The van der Waals surface area contributed by atoms with Crippen LogP contribution in [0, 0.1) is 5.92 Å². The van der Waals surface area contributed by atoms with E-state index in [9.17, 15) is 13.2 Å². The molecule has 1 aromatic heterocycles. The Morgan fingerprint density at radius 3 is 2.46 bits per heavy atom. The average molecular weight is 529 g/mol. The van der Waals surface area contributed by atoms with Gasteiger partial charge in [-0.3, -0.25) is 4.68 Å². The van der Waals surface area contributed by atoms with E-state index in [-0.39, 0.29) is 11.8 Å². The van der Waals surface area contributed by atoms with Gasteiger partial charge < -0.3 is 19.3 Å². The van der Waals surface area contributed by atoms with Gasteiger partial charge in [-0.2, -0.15) is 5.10 Å². The van der Waals surface area contributed by atoms with Gasteiger partial charge in [-0.15, -0.1) is 0 Å². The fourth-order valence-electron chi connectivity index (χ4n) is 5.35. The van der Waals surface area contributed by atoms with Crippen LogP contribution in [0.25, 0.3) is 17.0 Å². The van der Waals surface area contributed by atoms with E-state index in [2.05, 4.69) is 11.5 Å². The van der Waals surface area contributed by atoms with Gasteiger partial charge in [0.15, 0.2) is 9.84 Å². The van der Waals surface area contributed by atoms with Crippen molar-refractivity contribution in [2.24, 2.45) is 5.92 Å². The minimum absolute atomic E-state index is 0.0882. The number of piperidine rings is 1. The molecule has 1 aromatic carbocycles. The lowest BCUT2D eigenvalue weighted by Crippen LogP contribution is -2.42. The van der Waals surface area contributed by atoms with Crippen LogP contribution in [-0.2, 0) is 31.6 Å². The van der Waals surface area contributed by atoms with Crippen molar-refractivity contribution in [2.75, 3.05) is 39.4 Å². The molecule has 0 unspecified atom stereocenters. The third-order valence-corrected chi connectivity index (χ3v) is 8.92. The molecule has 0 radical (unpaired) electrons.